The Kier molecular flexibility index (Phi) is 7.95. The Balaban J connectivity index is 2.09. The zero-order valence-electron chi connectivity index (χ0n) is 17.3. The average Bonchev–Trinajstić information content (AvgIpc) is 2.68. The first-order valence-electron chi connectivity index (χ1n) is 9.76. The van der Waals surface area contributed by atoms with Gasteiger partial charge in [0.25, 0.3) is 5.91 Å². The van der Waals surface area contributed by atoms with Crippen molar-refractivity contribution < 1.29 is 19.1 Å². The standard InChI is InChI=1S/C23H28N2O4/c1-5-29-23(28)17-10-12-18(13-11-17)24-22(27)20(14-15(2)3)25-21(26)19-9-7-6-8-16(19)4/h6-13,15,20H,5,14H2,1-4H3,(H,24,27)(H,25,26). The summed E-state index contributed by atoms with van der Waals surface area (Å²) in [7, 11) is 0. The molecule has 0 saturated carbocycles. The third kappa shape index (κ3) is 6.45. The zero-order valence-corrected chi connectivity index (χ0v) is 17.3. The number of benzene rings is 2. The summed E-state index contributed by atoms with van der Waals surface area (Å²) in [5, 5.41) is 5.66. The quantitative estimate of drug-likeness (QED) is 0.662. The summed E-state index contributed by atoms with van der Waals surface area (Å²) in [5.41, 5.74) is 2.36. The lowest BCUT2D eigenvalue weighted by molar-refractivity contribution is -0.118. The number of nitrogens with one attached hydrogen (secondary N) is 2. The molecule has 0 bridgehead atoms. The minimum absolute atomic E-state index is 0.217. The predicted octanol–water partition coefficient (Wildman–Crippen LogP) is 3.95. The van der Waals surface area contributed by atoms with Crippen LogP contribution in [0.3, 0.4) is 0 Å². The normalized spacial score (nSPS) is 11.6. The van der Waals surface area contributed by atoms with E-state index in [1.165, 1.54) is 0 Å². The van der Waals surface area contributed by atoms with Crippen molar-refractivity contribution in [3.63, 3.8) is 0 Å². The number of amides is 2. The van der Waals surface area contributed by atoms with Gasteiger partial charge < -0.3 is 15.4 Å². The number of rotatable bonds is 8. The Morgan fingerprint density at radius 3 is 2.24 bits per heavy atom. The van der Waals surface area contributed by atoms with Gasteiger partial charge in [0.1, 0.15) is 6.04 Å². The van der Waals surface area contributed by atoms with Crippen LogP contribution in [0, 0.1) is 12.8 Å². The molecule has 0 spiro atoms. The van der Waals surface area contributed by atoms with Gasteiger partial charge in [-0.2, -0.15) is 0 Å². The maximum absolute atomic E-state index is 12.8. The molecule has 2 aromatic carbocycles. The minimum Gasteiger partial charge on any atom is -0.462 e. The van der Waals surface area contributed by atoms with Crippen LogP contribution in [0.1, 0.15) is 53.5 Å². The first kappa shape index (κ1) is 22.1. The molecule has 29 heavy (non-hydrogen) atoms. The lowest BCUT2D eigenvalue weighted by Gasteiger charge is -2.21. The van der Waals surface area contributed by atoms with Gasteiger partial charge in [0.05, 0.1) is 12.2 Å². The van der Waals surface area contributed by atoms with Crippen molar-refractivity contribution in [3.8, 4) is 0 Å². The second kappa shape index (κ2) is 10.4. The molecular weight excluding hydrogens is 368 g/mol. The second-order valence-corrected chi connectivity index (χ2v) is 7.26. The molecule has 2 amide bonds. The largest absolute Gasteiger partial charge is 0.462 e. The van der Waals surface area contributed by atoms with Crippen molar-refractivity contribution in [2.45, 2.75) is 40.2 Å². The highest BCUT2D eigenvalue weighted by molar-refractivity contribution is 6.02. The van der Waals surface area contributed by atoms with E-state index in [1.807, 2.05) is 32.9 Å². The Hall–Kier alpha value is -3.15. The highest BCUT2D eigenvalue weighted by Crippen LogP contribution is 2.14. The fourth-order valence-electron chi connectivity index (χ4n) is 2.90. The molecule has 2 N–H and O–H groups in total. The summed E-state index contributed by atoms with van der Waals surface area (Å²) in [5.74, 6) is -0.770. The Morgan fingerprint density at radius 2 is 1.66 bits per heavy atom. The van der Waals surface area contributed by atoms with E-state index in [-0.39, 0.29) is 17.7 Å². The van der Waals surface area contributed by atoms with Gasteiger partial charge in [0.15, 0.2) is 0 Å². The van der Waals surface area contributed by atoms with E-state index < -0.39 is 12.0 Å². The van der Waals surface area contributed by atoms with Crippen LogP contribution in [-0.4, -0.2) is 30.4 Å². The number of hydrogen-bond donors (Lipinski definition) is 2. The van der Waals surface area contributed by atoms with E-state index in [1.54, 1.807) is 43.3 Å². The van der Waals surface area contributed by atoms with Gasteiger partial charge in [-0.1, -0.05) is 32.0 Å². The van der Waals surface area contributed by atoms with Crippen molar-refractivity contribution >= 4 is 23.5 Å². The number of ether oxygens (including phenoxy) is 1. The average molecular weight is 396 g/mol. The van der Waals surface area contributed by atoms with E-state index in [0.717, 1.165) is 5.56 Å². The molecule has 0 aliphatic rings. The molecule has 1 unspecified atom stereocenters. The number of anilines is 1. The molecule has 0 fully saturated rings. The zero-order chi connectivity index (χ0) is 21.4. The van der Waals surface area contributed by atoms with Crippen LogP contribution in [-0.2, 0) is 9.53 Å². The maximum Gasteiger partial charge on any atom is 0.338 e. The monoisotopic (exact) mass is 396 g/mol. The summed E-state index contributed by atoms with van der Waals surface area (Å²) < 4.78 is 4.95. The first-order valence-corrected chi connectivity index (χ1v) is 9.76. The first-order chi connectivity index (χ1) is 13.8. The van der Waals surface area contributed by atoms with Gasteiger partial charge in [0, 0.05) is 11.3 Å². The molecule has 2 aromatic rings. The molecule has 0 heterocycles. The molecule has 6 heteroatoms. The minimum atomic E-state index is -0.674. The molecule has 6 nitrogen and oxygen atoms in total. The SMILES string of the molecule is CCOC(=O)c1ccc(NC(=O)C(CC(C)C)NC(=O)c2ccccc2C)cc1. The maximum atomic E-state index is 12.8. The number of carbonyl (C=O) groups excluding carboxylic acids is 3. The van der Waals surface area contributed by atoms with E-state index >= 15 is 0 Å². The smallest absolute Gasteiger partial charge is 0.338 e. The van der Waals surface area contributed by atoms with Crippen molar-refractivity contribution in [1.29, 1.82) is 0 Å². The topological polar surface area (TPSA) is 84.5 Å². The third-order valence-electron chi connectivity index (χ3n) is 4.38. The van der Waals surface area contributed by atoms with Crippen LogP contribution >= 0.6 is 0 Å². The number of esters is 1. The fraction of sp³-hybridized carbons (Fsp3) is 0.348. The van der Waals surface area contributed by atoms with Crippen LogP contribution in [0.2, 0.25) is 0 Å². The van der Waals surface area contributed by atoms with Crippen LogP contribution in [0.25, 0.3) is 0 Å². The van der Waals surface area contributed by atoms with Crippen molar-refractivity contribution in [2.75, 3.05) is 11.9 Å². The van der Waals surface area contributed by atoms with Gasteiger partial charge in [0.2, 0.25) is 5.91 Å². The van der Waals surface area contributed by atoms with Crippen LogP contribution in [0.5, 0.6) is 0 Å². The summed E-state index contributed by atoms with van der Waals surface area (Å²) >= 11 is 0. The molecule has 154 valence electrons. The highest BCUT2D eigenvalue weighted by atomic mass is 16.5. The lowest BCUT2D eigenvalue weighted by atomic mass is 10.0. The molecule has 0 saturated heterocycles. The second-order valence-electron chi connectivity index (χ2n) is 7.26. The Bertz CT molecular complexity index is 859. The Morgan fingerprint density at radius 1 is 1.00 bits per heavy atom. The van der Waals surface area contributed by atoms with E-state index in [4.69, 9.17) is 4.74 Å². The fourth-order valence-corrected chi connectivity index (χ4v) is 2.90. The van der Waals surface area contributed by atoms with Gasteiger partial charge in [-0.25, -0.2) is 4.79 Å². The van der Waals surface area contributed by atoms with Gasteiger partial charge in [-0.05, 0) is 62.1 Å². The van der Waals surface area contributed by atoms with Crippen molar-refractivity contribution in [3.05, 3.63) is 65.2 Å². The van der Waals surface area contributed by atoms with Crippen LogP contribution in [0.15, 0.2) is 48.5 Å². The molecule has 0 radical (unpaired) electrons. The highest BCUT2D eigenvalue weighted by Gasteiger charge is 2.23. The summed E-state index contributed by atoms with van der Waals surface area (Å²) in [6.07, 6.45) is 0.504. The molecule has 1 atom stereocenters. The van der Waals surface area contributed by atoms with Gasteiger partial charge in [-0.3, -0.25) is 9.59 Å². The molecule has 0 aliphatic carbocycles. The lowest BCUT2D eigenvalue weighted by Crippen LogP contribution is -2.44. The van der Waals surface area contributed by atoms with Crippen LogP contribution < -0.4 is 10.6 Å². The van der Waals surface area contributed by atoms with E-state index in [2.05, 4.69) is 10.6 Å². The third-order valence-corrected chi connectivity index (χ3v) is 4.38. The molecule has 0 aliphatic heterocycles. The number of carbonyl (C=O) groups is 3. The summed E-state index contributed by atoms with van der Waals surface area (Å²) in [6.45, 7) is 7.89. The van der Waals surface area contributed by atoms with Crippen LogP contribution in [0.4, 0.5) is 5.69 Å². The predicted molar refractivity (Wildman–Crippen MR) is 113 cm³/mol. The molecular formula is C23H28N2O4. The van der Waals surface area contributed by atoms with Crippen molar-refractivity contribution in [1.82, 2.24) is 5.32 Å². The molecule has 2 rings (SSSR count). The van der Waals surface area contributed by atoms with Crippen molar-refractivity contribution in [2.24, 2.45) is 5.92 Å². The van der Waals surface area contributed by atoms with E-state index in [9.17, 15) is 14.4 Å². The summed E-state index contributed by atoms with van der Waals surface area (Å²) in [6, 6.07) is 13.1. The number of hydrogen-bond acceptors (Lipinski definition) is 4. The summed E-state index contributed by atoms with van der Waals surface area (Å²) in [4.78, 5) is 37.2. The van der Waals surface area contributed by atoms with E-state index in [0.29, 0.717) is 29.8 Å². The Labute approximate surface area is 171 Å². The number of aryl methyl sites for hydroxylation is 1. The van der Waals surface area contributed by atoms with Gasteiger partial charge in [-0.15, -0.1) is 0 Å². The van der Waals surface area contributed by atoms with Gasteiger partial charge >= 0.3 is 5.97 Å². The molecule has 0 aromatic heterocycles.